The van der Waals surface area contributed by atoms with E-state index in [1.165, 1.54) is 4.68 Å². The highest BCUT2D eigenvalue weighted by atomic mass is 16.1. The molecule has 0 bridgehead atoms. The molecule has 0 saturated heterocycles. The van der Waals surface area contributed by atoms with Gasteiger partial charge in [0.15, 0.2) is 0 Å². The van der Waals surface area contributed by atoms with Gasteiger partial charge in [0.05, 0.1) is 29.5 Å². The Kier molecular flexibility index (Phi) is 4.22. The Bertz CT molecular complexity index is 1340. The third kappa shape index (κ3) is 3.21. The summed E-state index contributed by atoms with van der Waals surface area (Å²) in [4.78, 5) is 16.7. The average molecular weight is 379 g/mol. The molecule has 5 aromatic rings. The van der Waals surface area contributed by atoms with Crippen LogP contribution in [0.4, 0.5) is 0 Å². The van der Waals surface area contributed by atoms with Crippen molar-refractivity contribution in [3.05, 3.63) is 107 Å². The van der Waals surface area contributed by atoms with Gasteiger partial charge in [0, 0.05) is 24.0 Å². The van der Waals surface area contributed by atoms with Crippen molar-refractivity contribution in [2.75, 3.05) is 0 Å². The summed E-state index contributed by atoms with van der Waals surface area (Å²) in [6.07, 6.45) is 5.27. The van der Waals surface area contributed by atoms with Crippen LogP contribution >= 0.6 is 0 Å². The highest BCUT2D eigenvalue weighted by Crippen LogP contribution is 2.33. The number of benzene rings is 2. The zero-order chi connectivity index (χ0) is 19.6. The summed E-state index contributed by atoms with van der Waals surface area (Å²) < 4.78 is 3.28. The van der Waals surface area contributed by atoms with E-state index in [9.17, 15) is 4.79 Å². The largest absolute Gasteiger partial charge is 0.268 e. The molecule has 6 nitrogen and oxygen atoms in total. The van der Waals surface area contributed by atoms with Gasteiger partial charge in [0.25, 0.3) is 5.56 Å². The van der Waals surface area contributed by atoms with Crippen LogP contribution in [-0.2, 0) is 6.54 Å². The molecule has 6 heteroatoms. The zero-order valence-corrected chi connectivity index (χ0v) is 15.5. The lowest BCUT2D eigenvalue weighted by molar-refractivity contribution is 0.643. The fourth-order valence-electron chi connectivity index (χ4n) is 3.40. The van der Waals surface area contributed by atoms with E-state index in [4.69, 9.17) is 5.10 Å². The predicted molar refractivity (Wildman–Crippen MR) is 111 cm³/mol. The normalized spacial score (nSPS) is 11.0. The quantitative estimate of drug-likeness (QED) is 0.478. The van der Waals surface area contributed by atoms with E-state index < -0.39 is 0 Å². The summed E-state index contributed by atoms with van der Waals surface area (Å²) in [6, 6.07) is 23.1. The van der Waals surface area contributed by atoms with Crippen LogP contribution in [0.1, 0.15) is 5.56 Å². The highest BCUT2D eigenvalue weighted by Gasteiger charge is 2.18. The van der Waals surface area contributed by atoms with Crippen LogP contribution in [0.3, 0.4) is 0 Å². The van der Waals surface area contributed by atoms with Crippen molar-refractivity contribution < 1.29 is 0 Å². The SMILES string of the molecule is O=c1ccc(-c2c(-c3ccccc3)nn3ccncc23)nn1Cc1ccccc1. The van der Waals surface area contributed by atoms with Gasteiger partial charge in [0.1, 0.15) is 5.69 Å². The number of rotatable bonds is 4. The van der Waals surface area contributed by atoms with Crippen molar-refractivity contribution in [2.24, 2.45) is 0 Å². The van der Waals surface area contributed by atoms with Crippen molar-refractivity contribution in [1.29, 1.82) is 0 Å². The Morgan fingerprint density at radius 1 is 0.828 bits per heavy atom. The summed E-state index contributed by atoms with van der Waals surface area (Å²) in [6.45, 7) is 0.408. The van der Waals surface area contributed by atoms with Crippen LogP contribution in [0, 0.1) is 0 Å². The van der Waals surface area contributed by atoms with Crippen molar-refractivity contribution in [2.45, 2.75) is 6.54 Å². The highest BCUT2D eigenvalue weighted by molar-refractivity contribution is 5.90. The van der Waals surface area contributed by atoms with Gasteiger partial charge >= 0.3 is 0 Å². The summed E-state index contributed by atoms with van der Waals surface area (Å²) in [7, 11) is 0. The number of hydrogen-bond donors (Lipinski definition) is 0. The summed E-state index contributed by atoms with van der Waals surface area (Å²) in [5.74, 6) is 0. The number of nitrogens with zero attached hydrogens (tertiary/aromatic N) is 5. The Labute approximate surface area is 166 Å². The molecule has 0 aliphatic carbocycles. The maximum atomic E-state index is 12.4. The van der Waals surface area contributed by atoms with Gasteiger partial charge in [-0.2, -0.15) is 10.2 Å². The van der Waals surface area contributed by atoms with Crippen LogP contribution in [-0.4, -0.2) is 24.4 Å². The van der Waals surface area contributed by atoms with Crippen molar-refractivity contribution in [3.63, 3.8) is 0 Å². The second kappa shape index (κ2) is 7.16. The molecule has 0 atom stereocenters. The lowest BCUT2D eigenvalue weighted by atomic mass is 10.0. The summed E-state index contributed by atoms with van der Waals surface area (Å²) >= 11 is 0. The first kappa shape index (κ1) is 17.1. The molecule has 0 aliphatic heterocycles. The zero-order valence-electron chi connectivity index (χ0n) is 15.5. The van der Waals surface area contributed by atoms with E-state index >= 15 is 0 Å². The molecule has 0 aliphatic rings. The van der Waals surface area contributed by atoms with Gasteiger partial charge in [-0.1, -0.05) is 60.7 Å². The first-order valence-electron chi connectivity index (χ1n) is 9.30. The monoisotopic (exact) mass is 379 g/mol. The lowest BCUT2D eigenvalue weighted by Gasteiger charge is -2.08. The molecule has 0 spiro atoms. The smallest absolute Gasteiger partial charge is 0.267 e. The molecule has 0 unspecified atom stereocenters. The third-order valence-corrected chi connectivity index (χ3v) is 4.78. The lowest BCUT2D eigenvalue weighted by Crippen LogP contribution is -2.22. The Morgan fingerprint density at radius 3 is 2.38 bits per heavy atom. The van der Waals surface area contributed by atoms with E-state index in [0.29, 0.717) is 12.2 Å². The molecule has 0 radical (unpaired) electrons. The predicted octanol–water partition coefficient (Wildman–Crippen LogP) is 3.67. The second-order valence-electron chi connectivity index (χ2n) is 6.70. The molecular formula is C23H17N5O. The van der Waals surface area contributed by atoms with Crippen molar-refractivity contribution >= 4 is 5.52 Å². The number of hydrogen-bond acceptors (Lipinski definition) is 4. The van der Waals surface area contributed by atoms with Gasteiger partial charge in [-0.25, -0.2) is 9.20 Å². The molecule has 3 aromatic heterocycles. The Hall–Kier alpha value is -4.06. The number of aromatic nitrogens is 5. The first-order valence-corrected chi connectivity index (χ1v) is 9.30. The van der Waals surface area contributed by atoms with Crippen molar-refractivity contribution in [1.82, 2.24) is 24.4 Å². The van der Waals surface area contributed by atoms with Gasteiger partial charge in [0.2, 0.25) is 0 Å². The molecule has 3 heterocycles. The van der Waals surface area contributed by atoms with Gasteiger partial charge in [-0.15, -0.1) is 0 Å². The van der Waals surface area contributed by atoms with Gasteiger partial charge in [-0.05, 0) is 11.6 Å². The summed E-state index contributed by atoms with van der Waals surface area (Å²) in [5.41, 5.74) is 5.03. The van der Waals surface area contributed by atoms with Crippen LogP contribution in [0.5, 0.6) is 0 Å². The first-order chi connectivity index (χ1) is 14.3. The molecule has 0 amide bonds. The van der Waals surface area contributed by atoms with Crippen molar-refractivity contribution in [3.8, 4) is 22.5 Å². The minimum atomic E-state index is -0.145. The van der Waals surface area contributed by atoms with Crippen LogP contribution < -0.4 is 5.56 Å². The standard InChI is InChI=1S/C23H17N5O/c29-21-12-11-19(25-28(21)16-17-7-3-1-4-8-17)22-20-15-24-13-14-27(20)26-23(22)18-9-5-2-6-10-18/h1-15H,16H2. The Balaban J connectivity index is 1.70. The molecular weight excluding hydrogens is 362 g/mol. The molecule has 0 N–H and O–H groups in total. The van der Waals surface area contributed by atoms with Crippen LogP contribution in [0.15, 0.2) is 96.2 Å². The fraction of sp³-hybridized carbons (Fsp3) is 0.0435. The molecule has 29 heavy (non-hydrogen) atoms. The minimum absolute atomic E-state index is 0.145. The van der Waals surface area contributed by atoms with E-state index in [-0.39, 0.29) is 5.56 Å². The van der Waals surface area contributed by atoms with E-state index in [1.54, 1.807) is 29.0 Å². The molecule has 2 aromatic carbocycles. The van der Waals surface area contributed by atoms with E-state index in [0.717, 1.165) is 27.9 Å². The average Bonchev–Trinajstić information content (AvgIpc) is 3.16. The topological polar surface area (TPSA) is 65.1 Å². The van der Waals surface area contributed by atoms with Crippen LogP contribution in [0.2, 0.25) is 0 Å². The molecule has 5 rings (SSSR count). The Morgan fingerprint density at radius 2 is 1.59 bits per heavy atom. The van der Waals surface area contributed by atoms with E-state index in [1.807, 2.05) is 66.9 Å². The molecule has 0 fully saturated rings. The summed E-state index contributed by atoms with van der Waals surface area (Å²) in [5, 5.41) is 9.41. The second-order valence-corrected chi connectivity index (χ2v) is 6.70. The molecule has 140 valence electrons. The third-order valence-electron chi connectivity index (χ3n) is 4.78. The molecule has 0 saturated carbocycles. The minimum Gasteiger partial charge on any atom is -0.268 e. The number of fused-ring (bicyclic) bond motifs is 1. The van der Waals surface area contributed by atoms with Gasteiger partial charge in [-0.3, -0.25) is 9.78 Å². The maximum Gasteiger partial charge on any atom is 0.267 e. The van der Waals surface area contributed by atoms with E-state index in [2.05, 4.69) is 10.1 Å². The van der Waals surface area contributed by atoms with Gasteiger partial charge < -0.3 is 0 Å². The maximum absolute atomic E-state index is 12.4. The fourth-order valence-corrected chi connectivity index (χ4v) is 3.40. The van der Waals surface area contributed by atoms with Crippen LogP contribution in [0.25, 0.3) is 28.0 Å².